The van der Waals surface area contributed by atoms with Gasteiger partial charge in [0.05, 0.1) is 0 Å². The average Bonchev–Trinajstić information content (AvgIpc) is 2.24. The summed E-state index contributed by atoms with van der Waals surface area (Å²) in [5.74, 6) is -1.15. The van der Waals surface area contributed by atoms with E-state index in [4.69, 9.17) is 5.11 Å². The van der Waals surface area contributed by atoms with Gasteiger partial charge in [0.25, 0.3) is 0 Å². The zero-order valence-electron chi connectivity index (χ0n) is 11.3. The van der Waals surface area contributed by atoms with Crippen LogP contribution in [0.5, 0.6) is 0 Å². The normalized spacial score (nSPS) is 13.3. The number of aliphatic carboxylic acids is 1. The van der Waals surface area contributed by atoms with Crippen molar-refractivity contribution in [2.45, 2.75) is 59.0 Å². The minimum atomic E-state index is -1.01. The van der Waals surface area contributed by atoms with Crippen molar-refractivity contribution in [3.05, 3.63) is 0 Å². The van der Waals surface area contributed by atoms with E-state index < -0.39 is 18.0 Å². The number of carbonyl (C=O) groups is 2. The van der Waals surface area contributed by atoms with Crippen LogP contribution < -0.4 is 10.6 Å². The molecule has 17 heavy (non-hydrogen) atoms. The molecule has 3 N–H and O–H groups in total. The first-order valence-electron chi connectivity index (χ1n) is 6.07. The van der Waals surface area contributed by atoms with Crippen molar-refractivity contribution < 1.29 is 14.7 Å². The monoisotopic (exact) mass is 244 g/mol. The van der Waals surface area contributed by atoms with Gasteiger partial charge in [0, 0.05) is 5.54 Å². The first-order valence-corrected chi connectivity index (χ1v) is 6.07. The summed E-state index contributed by atoms with van der Waals surface area (Å²) in [7, 11) is 0. The molecule has 0 saturated heterocycles. The van der Waals surface area contributed by atoms with Crippen molar-refractivity contribution in [3.8, 4) is 0 Å². The molecule has 1 atom stereocenters. The van der Waals surface area contributed by atoms with Gasteiger partial charge < -0.3 is 15.7 Å². The van der Waals surface area contributed by atoms with Crippen LogP contribution in [-0.4, -0.2) is 28.7 Å². The van der Waals surface area contributed by atoms with Crippen LogP contribution in [0.25, 0.3) is 0 Å². The minimum absolute atomic E-state index is 0.146. The zero-order chi connectivity index (χ0) is 13.6. The fourth-order valence-electron chi connectivity index (χ4n) is 1.39. The average molecular weight is 244 g/mol. The van der Waals surface area contributed by atoms with Crippen LogP contribution in [0.3, 0.4) is 0 Å². The van der Waals surface area contributed by atoms with Gasteiger partial charge in [-0.2, -0.15) is 0 Å². The number of carboxylic acid groups (broad SMARTS) is 1. The Morgan fingerprint density at radius 2 is 1.71 bits per heavy atom. The summed E-state index contributed by atoms with van der Waals surface area (Å²) in [6.07, 6.45) is 1.60. The number of hydrogen-bond donors (Lipinski definition) is 3. The largest absolute Gasteiger partial charge is 0.480 e. The second-order valence-corrected chi connectivity index (χ2v) is 4.93. The molecule has 0 unspecified atom stereocenters. The van der Waals surface area contributed by atoms with Crippen LogP contribution in [-0.2, 0) is 4.79 Å². The molecule has 0 heterocycles. The molecule has 0 aliphatic carbocycles. The van der Waals surface area contributed by atoms with Gasteiger partial charge in [-0.3, -0.25) is 0 Å². The van der Waals surface area contributed by atoms with Gasteiger partial charge in [0.2, 0.25) is 0 Å². The fraction of sp³-hybridized carbons (Fsp3) is 0.833. The molecular formula is C12H24N2O3. The van der Waals surface area contributed by atoms with Gasteiger partial charge in [-0.05, 0) is 25.7 Å². The number of rotatable bonds is 6. The summed E-state index contributed by atoms with van der Waals surface area (Å²) >= 11 is 0. The first-order chi connectivity index (χ1) is 7.75. The van der Waals surface area contributed by atoms with Crippen LogP contribution >= 0.6 is 0 Å². The van der Waals surface area contributed by atoms with Crippen molar-refractivity contribution in [2.75, 3.05) is 0 Å². The Hall–Kier alpha value is -1.26. The van der Waals surface area contributed by atoms with E-state index in [2.05, 4.69) is 10.6 Å². The Morgan fingerprint density at radius 1 is 1.24 bits per heavy atom. The standard InChI is InChI=1S/C12H24N2O3/c1-6-12(5,7-2)14-11(17)13-9(8(3)4)10(15)16/h8-9H,6-7H2,1-5H3,(H,15,16)(H2,13,14,17)/t9-/m1/s1. The molecular weight excluding hydrogens is 220 g/mol. The SMILES string of the molecule is CCC(C)(CC)NC(=O)N[C@@H](C(=O)O)C(C)C. The minimum Gasteiger partial charge on any atom is -0.480 e. The molecule has 0 saturated carbocycles. The lowest BCUT2D eigenvalue weighted by molar-refractivity contribution is -0.140. The van der Waals surface area contributed by atoms with Gasteiger partial charge in [0.1, 0.15) is 6.04 Å². The third kappa shape index (κ3) is 5.06. The third-order valence-corrected chi connectivity index (χ3v) is 3.20. The summed E-state index contributed by atoms with van der Waals surface area (Å²) in [5.41, 5.74) is -0.288. The molecule has 5 heteroatoms. The Labute approximate surface area is 103 Å². The fourth-order valence-corrected chi connectivity index (χ4v) is 1.39. The van der Waals surface area contributed by atoms with Crippen LogP contribution in [0, 0.1) is 5.92 Å². The molecule has 0 spiro atoms. The summed E-state index contributed by atoms with van der Waals surface area (Å²) in [5, 5.41) is 14.3. The van der Waals surface area contributed by atoms with Crippen LogP contribution in [0.1, 0.15) is 47.5 Å². The second kappa shape index (κ2) is 6.47. The molecule has 5 nitrogen and oxygen atoms in total. The molecule has 0 aromatic rings. The Kier molecular flexibility index (Phi) is 5.99. The molecule has 100 valence electrons. The molecule has 2 amide bonds. The zero-order valence-corrected chi connectivity index (χ0v) is 11.3. The number of carboxylic acids is 1. The van der Waals surface area contributed by atoms with E-state index in [9.17, 15) is 9.59 Å². The van der Waals surface area contributed by atoms with Gasteiger partial charge in [0.15, 0.2) is 0 Å². The van der Waals surface area contributed by atoms with E-state index in [0.29, 0.717) is 0 Å². The molecule has 0 aliphatic rings. The number of amides is 2. The van der Waals surface area contributed by atoms with Gasteiger partial charge in [-0.1, -0.05) is 27.7 Å². The summed E-state index contributed by atoms with van der Waals surface area (Å²) < 4.78 is 0. The van der Waals surface area contributed by atoms with Crippen molar-refractivity contribution >= 4 is 12.0 Å². The predicted octanol–water partition coefficient (Wildman–Crippen LogP) is 1.97. The van der Waals surface area contributed by atoms with Crippen molar-refractivity contribution in [3.63, 3.8) is 0 Å². The number of carbonyl (C=O) groups excluding carboxylic acids is 1. The third-order valence-electron chi connectivity index (χ3n) is 3.20. The van der Waals surface area contributed by atoms with Crippen molar-refractivity contribution in [2.24, 2.45) is 5.92 Å². The van der Waals surface area contributed by atoms with Gasteiger partial charge >= 0.3 is 12.0 Å². The van der Waals surface area contributed by atoms with Crippen molar-refractivity contribution in [1.82, 2.24) is 10.6 Å². The maximum atomic E-state index is 11.7. The summed E-state index contributed by atoms with van der Waals surface area (Å²) in [6, 6.07) is -1.27. The van der Waals surface area contributed by atoms with E-state index in [1.54, 1.807) is 13.8 Å². The number of hydrogen-bond acceptors (Lipinski definition) is 2. The molecule has 0 aromatic heterocycles. The van der Waals surface area contributed by atoms with E-state index in [1.165, 1.54) is 0 Å². The highest BCUT2D eigenvalue weighted by molar-refractivity contribution is 5.83. The van der Waals surface area contributed by atoms with E-state index >= 15 is 0 Å². The van der Waals surface area contributed by atoms with Crippen LogP contribution in [0.4, 0.5) is 4.79 Å². The lowest BCUT2D eigenvalue weighted by atomic mass is 9.96. The summed E-state index contributed by atoms with van der Waals surface area (Å²) in [4.78, 5) is 22.6. The van der Waals surface area contributed by atoms with E-state index in [-0.39, 0.29) is 11.5 Å². The highest BCUT2D eigenvalue weighted by Gasteiger charge is 2.27. The topological polar surface area (TPSA) is 78.4 Å². The molecule has 0 aliphatic heterocycles. The van der Waals surface area contributed by atoms with Crippen molar-refractivity contribution in [1.29, 1.82) is 0 Å². The van der Waals surface area contributed by atoms with Gasteiger partial charge in [-0.15, -0.1) is 0 Å². The smallest absolute Gasteiger partial charge is 0.326 e. The maximum Gasteiger partial charge on any atom is 0.326 e. The summed E-state index contributed by atoms with van der Waals surface area (Å²) in [6.45, 7) is 9.44. The lowest BCUT2D eigenvalue weighted by Gasteiger charge is -2.29. The van der Waals surface area contributed by atoms with E-state index in [0.717, 1.165) is 12.8 Å². The lowest BCUT2D eigenvalue weighted by Crippen LogP contribution is -2.54. The second-order valence-electron chi connectivity index (χ2n) is 4.93. The molecule has 0 fully saturated rings. The Balaban J connectivity index is 4.48. The van der Waals surface area contributed by atoms with Gasteiger partial charge in [-0.25, -0.2) is 9.59 Å². The van der Waals surface area contributed by atoms with E-state index in [1.807, 2.05) is 20.8 Å². The first kappa shape index (κ1) is 15.7. The molecule has 0 bridgehead atoms. The van der Waals surface area contributed by atoms with Crippen LogP contribution in [0.15, 0.2) is 0 Å². The Bertz CT molecular complexity index is 273. The predicted molar refractivity (Wildman–Crippen MR) is 66.9 cm³/mol. The Morgan fingerprint density at radius 3 is 2.00 bits per heavy atom. The quantitative estimate of drug-likeness (QED) is 0.668. The maximum absolute atomic E-state index is 11.7. The molecule has 0 rings (SSSR count). The molecule has 0 aromatic carbocycles. The molecule has 0 radical (unpaired) electrons. The number of nitrogens with one attached hydrogen (secondary N) is 2. The van der Waals surface area contributed by atoms with Crippen LogP contribution in [0.2, 0.25) is 0 Å². The number of urea groups is 1. The highest BCUT2D eigenvalue weighted by Crippen LogP contribution is 2.13. The highest BCUT2D eigenvalue weighted by atomic mass is 16.4.